The van der Waals surface area contributed by atoms with Gasteiger partial charge in [-0.15, -0.1) is 0 Å². The SMILES string of the molecule is COc1cnn(-c2nc(N3CCOCC3)c3nc(-c4ccncc4)n(C4CC4)c3n2)c1. The highest BCUT2D eigenvalue weighted by atomic mass is 16.5. The van der Waals surface area contributed by atoms with E-state index in [9.17, 15) is 0 Å². The molecule has 0 unspecified atom stereocenters. The van der Waals surface area contributed by atoms with Crippen molar-refractivity contribution in [1.82, 2.24) is 34.3 Å². The van der Waals surface area contributed by atoms with Gasteiger partial charge in [0, 0.05) is 37.1 Å². The van der Waals surface area contributed by atoms with Crippen LogP contribution in [0.4, 0.5) is 5.82 Å². The summed E-state index contributed by atoms with van der Waals surface area (Å²) in [5.74, 6) is 2.87. The maximum absolute atomic E-state index is 5.56. The Hall–Kier alpha value is -3.53. The maximum atomic E-state index is 5.56. The normalized spacial score (nSPS) is 16.7. The van der Waals surface area contributed by atoms with Crippen molar-refractivity contribution < 1.29 is 9.47 Å². The first-order valence-electron chi connectivity index (χ1n) is 10.4. The zero-order valence-corrected chi connectivity index (χ0v) is 17.2. The van der Waals surface area contributed by atoms with E-state index in [2.05, 4.69) is 19.5 Å². The number of morpholine rings is 1. The Morgan fingerprint density at radius 3 is 2.58 bits per heavy atom. The van der Waals surface area contributed by atoms with Crippen LogP contribution in [0.1, 0.15) is 18.9 Å². The van der Waals surface area contributed by atoms with Crippen LogP contribution in [0.3, 0.4) is 0 Å². The molecule has 4 aromatic rings. The van der Waals surface area contributed by atoms with Gasteiger partial charge in [0.15, 0.2) is 22.7 Å². The van der Waals surface area contributed by atoms with Crippen LogP contribution < -0.4 is 9.64 Å². The number of ether oxygens (including phenoxy) is 2. The van der Waals surface area contributed by atoms with Gasteiger partial charge in [-0.2, -0.15) is 15.1 Å². The van der Waals surface area contributed by atoms with Gasteiger partial charge in [0.2, 0.25) is 0 Å². The molecule has 2 aliphatic rings. The van der Waals surface area contributed by atoms with E-state index in [0.29, 0.717) is 31.0 Å². The standard InChI is InChI=1S/C21H22N8O2/c1-30-16-12-23-28(13-16)21-25-19(27-8-10-31-11-9-27)17-20(26-21)29(15-2-3-15)18(24-17)14-4-6-22-7-5-14/h4-7,12-13,15H,2-3,8-11H2,1H3. The van der Waals surface area contributed by atoms with E-state index in [4.69, 9.17) is 24.4 Å². The van der Waals surface area contributed by atoms with Crippen molar-refractivity contribution in [3.63, 3.8) is 0 Å². The molecular weight excluding hydrogens is 396 g/mol. The van der Waals surface area contributed by atoms with Crippen LogP contribution in [0.5, 0.6) is 5.75 Å². The molecule has 0 atom stereocenters. The second-order valence-corrected chi connectivity index (χ2v) is 7.72. The van der Waals surface area contributed by atoms with Crippen molar-refractivity contribution in [2.75, 3.05) is 38.3 Å². The molecule has 4 aromatic heterocycles. The number of anilines is 1. The van der Waals surface area contributed by atoms with Crippen LogP contribution in [-0.2, 0) is 4.74 Å². The monoisotopic (exact) mass is 418 g/mol. The van der Waals surface area contributed by atoms with Crippen molar-refractivity contribution >= 4 is 17.0 Å². The smallest absolute Gasteiger partial charge is 0.254 e. The molecule has 0 aromatic carbocycles. The van der Waals surface area contributed by atoms with Gasteiger partial charge in [0.25, 0.3) is 5.95 Å². The summed E-state index contributed by atoms with van der Waals surface area (Å²) in [5.41, 5.74) is 2.66. The second-order valence-electron chi connectivity index (χ2n) is 7.72. The first kappa shape index (κ1) is 18.3. The number of imidazole rings is 1. The van der Waals surface area contributed by atoms with E-state index < -0.39 is 0 Å². The Balaban J connectivity index is 1.60. The van der Waals surface area contributed by atoms with E-state index in [1.54, 1.807) is 36.6 Å². The molecule has 0 amide bonds. The summed E-state index contributed by atoms with van der Waals surface area (Å²) in [6, 6.07) is 4.36. The number of methoxy groups -OCH3 is 1. The first-order chi connectivity index (χ1) is 15.3. The lowest BCUT2D eigenvalue weighted by atomic mass is 10.2. The Morgan fingerprint density at radius 1 is 1.06 bits per heavy atom. The van der Waals surface area contributed by atoms with Crippen LogP contribution in [0, 0.1) is 0 Å². The van der Waals surface area contributed by atoms with Crippen LogP contribution >= 0.6 is 0 Å². The third kappa shape index (κ3) is 3.19. The van der Waals surface area contributed by atoms with Gasteiger partial charge in [0.05, 0.1) is 32.7 Å². The molecule has 2 fully saturated rings. The zero-order chi connectivity index (χ0) is 20.8. The summed E-state index contributed by atoms with van der Waals surface area (Å²) in [5, 5.41) is 4.39. The van der Waals surface area contributed by atoms with E-state index in [-0.39, 0.29) is 0 Å². The van der Waals surface area contributed by atoms with Crippen molar-refractivity contribution in [2.24, 2.45) is 0 Å². The van der Waals surface area contributed by atoms with Crippen LogP contribution in [-0.4, -0.2) is 67.7 Å². The lowest BCUT2D eigenvalue weighted by Gasteiger charge is -2.28. The average Bonchev–Trinajstić information content (AvgIpc) is 3.41. The molecule has 6 rings (SSSR count). The topological polar surface area (TPSA) is 96.0 Å². The molecule has 1 aliphatic heterocycles. The quantitative estimate of drug-likeness (QED) is 0.487. The van der Waals surface area contributed by atoms with E-state index in [1.165, 1.54) is 0 Å². The van der Waals surface area contributed by atoms with Gasteiger partial charge in [-0.1, -0.05) is 0 Å². The zero-order valence-electron chi connectivity index (χ0n) is 17.2. The number of rotatable bonds is 5. The Morgan fingerprint density at radius 2 is 1.87 bits per heavy atom. The number of hydrogen-bond acceptors (Lipinski definition) is 8. The molecule has 10 nitrogen and oxygen atoms in total. The van der Waals surface area contributed by atoms with Gasteiger partial charge >= 0.3 is 0 Å². The second kappa shape index (κ2) is 7.31. The molecule has 1 saturated carbocycles. The average molecular weight is 418 g/mol. The van der Waals surface area contributed by atoms with Crippen molar-refractivity contribution in [3.8, 4) is 23.1 Å². The van der Waals surface area contributed by atoms with Gasteiger partial charge in [-0.05, 0) is 25.0 Å². The molecule has 10 heteroatoms. The third-order valence-corrected chi connectivity index (χ3v) is 5.67. The minimum absolute atomic E-state index is 0.389. The molecule has 0 N–H and O–H groups in total. The Labute approximate surface area is 178 Å². The first-order valence-corrected chi connectivity index (χ1v) is 10.4. The lowest BCUT2D eigenvalue weighted by molar-refractivity contribution is 0.122. The molecule has 5 heterocycles. The van der Waals surface area contributed by atoms with Crippen LogP contribution in [0.15, 0.2) is 36.9 Å². The molecule has 0 bridgehead atoms. The van der Waals surface area contributed by atoms with Gasteiger partial charge in [-0.3, -0.25) is 4.98 Å². The summed E-state index contributed by atoms with van der Waals surface area (Å²) < 4.78 is 14.8. The molecule has 0 spiro atoms. The Bertz CT molecular complexity index is 1230. The predicted molar refractivity (Wildman–Crippen MR) is 114 cm³/mol. The van der Waals surface area contributed by atoms with Crippen LogP contribution in [0.2, 0.25) is 0 Å². The van der Waals surface area contributed by atoms with Crippen molar-refractivity contribution in [1.29, 1.82) is 0 Å². The highest BCUT2D eigenvalue weighted by Crippen LogP contribution is 2.42. The predicted octanol–water partition coefficient (Wildman–Crippen LogP) is 2.25. The van der Waals surface area contributed by atoms with Gasteiger partial charge < -0.3 is 18.9 Å². The van der Waals surface area contributed by atoms with E-state index in [1.807, 2.05) is 12.1 Å². The minimum Gasteiger partial charge on any atom is -0.493 e. The molecule has 0 radical (unpaired) electrons. The fourth-order valence-corrected chi connectivity index (χ4v) is 3.95. The van der Waals surface area contributed by atoms with E-state index in [0.717, 1.165) is 54.3 Å². The summed E-state index contributed by atoms with van der Waals surface area (Å²) >= 11 is 0. The number of nitrogens with zero attached hydrogens (tertiary/aromatic N) is 8. The number of aromatic nitrogens is 7. The van der Waals surface area contributed by atoms with E-state index >= 15 is 0 Å². The fraction of sp³-hybridized carbons (Fsp3) is 0.381. The number of fused-ring (bicyclic) bond motifs is 1. The number of pyridine rings is 1. The summed E-state index contributed by atoms with van der Waals surface area (Å²) in [7, 11) is 1.62. The Kier molecular flexibility index (Phi) is 4.30. The highest BCUT2D eigenvalue weighted by molar-refractivity contribution is 5.88. The fourth-order valence-electron chi connectivity index (χ4n) is 3.95. The van der Waals surface area contributed by atoms with Crippen LogP contribution in [0.25, 0.3) is 28.5 Å². The summed E-state index contributed by atoms with van der Waals surface area (Å²) in [6.07, 6.45) is 9.26. The molecule has 158 valence electrons. The molecular formula is C21H22N8O2. The summed E-state index contributed by atoms with van der Waals surface area (Å²) in [6.45, 7) is 2.84. The third-order valence-electron chi connectivity index (χ3n) is 5.67. The van der Waals surface area contributed by atoms with Gasteiger partial charge in [-0.25, -0.2) is 9.67 Å². The number of hydrogen-bond donors (Lipinski definition) is 0. The summed E-state index contributed by atoms with van der Waals surface area (Å²) in [4.78, 5) is 21.2. The highest BCUT2D eigenvalue weighted by Gasteiger charge is 2.32. The van der Waals surface area contributed by atoms with Crippen molar-refractivity contribution in [2.45, 2.75) is 18.9 Å². The van der Waals surface area contributed by atoms with Gasteiger partial charge in [0.1, 0.15) is 5.82 Å². The molecule has 1 aliphatic carbocycles. The lowest BCUT2D eigenvalue weighted by Crippen LogP contribution is -2.37. The molecule has 1 saturated heterocycles. The van der Waals surface area contributed by atoms with Crippen molar-refractivity contribution in [3.05, 3.63) is 36.9 Å². The minimum atomic E-state index is 0.389. The molecule has 31 heavy (non-hydrogen) atoms. The maximum Gasteiger partial charge on any atom is 0.254 e. The largest absolute Gasteiger partial charge is 0.493 e.